The van der Waals surface area contributed by atoms with Crippen molar-refractivity contribution in [1.29, 1.82) is 0 Å². The van der Waals surface area contributed by atoms with Gasteiger partial charge in [-0.05, 0) is 19.1 Å². The molecular weight excluding hydrogens is 120 g/mol. The predicted molar refractivity (Wildman–Crippen MR) is 36.1 cm³/mol. The van der Waals surface area contributed by atoms with Gasteiger partial charge >= 0.3 is 0 Å². The molecule has 0 aromatic rings. The van der Waals surface area contributed by atoms with Gasteiger partial charge in [-0.2, -0.15) is 0 Å². The van der Waals surface area contributed by atoms with Gasteiger partial charge in [-0.3, -0.25) is 0 Å². The summed E-state index contributed by atoms with van der Waals surface area (Å²) in [6.45, 7) is 2.01. The first-order chi connectivity index (χ1) is 3.80. The smallest absolute Gasteiger partial charge is 0.0800 e. The van der Waals surface area contributed by atoms with E-state index in [0.29, 0.717) is 0 Å². The highest BCUT2D eigenvalue weighted by Gasteiger charge is 2.01. The van der Waals surface area contributed by atoms with Gasteiger partial charge in [0.15, 0.2) is 0 Å². The Morgan fingerprint density at radius 1 is 1.75 bits per heavy atom. The van der Waals surface area contributed by atoms with E-state index in [9.17, 15) is 0 Å². The quantitative estimate of drug-likeness (QED) is 0.345. The van der Waals surface area contributed by atoms with E-state index in [1.165, 1.54) is 5.57 Å². The first-order valence-electron chi connectivity index (χ1n) is 2.54. The molecule has 1 unspecified atom stereocenters. The highest BCUT2D eigenvalue weighted by Crippen LogP contribution is 2.12. The minimum atomic E-state index is 0.0694. The average Bonchev–Trinajstić information content (AvgIpc) is 1.77. The molecule has 0 aromatic carbocycles. The molecule has 0 amide bonds. The van der Waals surface area contributed by atoms with Crippen LogP contribution in [0.1, 0.15) is 6.92 Å². The van der Waals surface area contributed by atoms with Gasteiger partial charge in [-0.25, -0.2) is 0 Å². The van der Waals surface area contributed by atoms with Gasteiger partial charge in [0.25, 0.3) is 0 Å². The summed E-state index contributed by atoms with van der Waals surface area (Å²) in [5.41, 5.74) is 4.09. The van der Waals surface area contributed by atoms with Crippen LogP contribution in [0.3, 0.4) is 0 Å². The number of halogens is 1. The van der Waals surface area contributed by atoms with Crippen molar-refractivity contribution >= 4 is 11.6 Å². The molecule has 0 radical (unpaired) electrons. The molecule has 0 aromatic heterocycles. The number of rotatable bonds is 0. The molecule has 1 atom stereocenters. The fourth-order valence-electron chi connectivity index (χ4n) is 0.543. The van der Waals surface area contributed by atoms with Crippen LogP contribution in [0, 0.1) is 0 Å². The van der Waals surface area contributed by atoms with Crippen LogP contribution in [-0.2, 0) is 0 Å². The molecule has 0 bridgehead atoms. The Hall–Kier alpha value is -0.450. The topological polar surface area (TPSA) is 0 Å². The molecule has 0 N–H and O–H groups in total. The first-order valence-corrected chi connectivity index (χ1v) is 2.98. The van der Waals surface area contributed by atoms with Crippen molar-refractivity contribution in [1.82, 2.24) is 0 Å². The number of hydrogen-bond acceptors (Lipinski definition) is 0. The monoisotopic (exact) mass is 126 g/mol. The Kier molecular flexibility index (Phi) is 1.57. The fourth-order valence-corrected chi connectivity index (χ4v) is 0.688. The second-order valence-corrected chi connectivity index (χ2v) is 2.28. The van der Waals surface area contributed by atoms with Gasteiger partial charge in [-0.1, -0.05) is 11.6 Å². The van der Waals surface area contributed by atoms with E-state index in [-0.39, 0.29) is 5.38 Å². The molecule has 1 aliphatic rings. The minimum absolute atomic E-state index is 0.0694. The zero-order chi connectivity index (χ0) is 5.98. The second kappa shape index (κ2) is 2.21. The molecule has 1 heteroatoms. The molecular formula is C7H7Cl. The van der Waals surface area contributed by atoms with E-state index in [1.54, 1.807) is 0 Å². The van der Waals surface area contributed by atoms with Crippen LogP contribution in [0.2, 0.25) is 0 Å². The Labute approximate surface area is 54.2 Å². The zero-order valence-corrected chi connectivity index (χ0v) is 5.44. The maximum absolute atomic E-state index is 5.76. The van der Waals surface area contributed by atoms with Crippen LogP contribution in [0.25, 0.3) is 0 Å². The maximum Gasteiger partial charge on any atom is 0.0800 e. The van der Waals surface area contributed by atoms with Gasteiger partial charge in [-0.15, -0.1) is 17.3 Å². The molecule has 0 fully saturated rings. The van der Waals surface area contributed by atoms with Gasteiger partial charge < -0.3 is 0 Å². The summed E-state index contributed by atoms with van der Waals surface area (Å²) in [4.78, 5) is 0. The molecule has 0 nitrogen and oxygen atoms in total. The Morgan fingerprint density at radius 3 is 2.88 bits per heavy atom. The highest BCUT2D eigenvalue weighted by atomic mass is 35.5. The second-order valence-electron chi connectivity index (χ2n) is 1.81. The van der Waals surface area contributed by atoms with E-state index in [4.69, 9.17) is 11.6 Å². The van der Waals surface area contributed by atoms with Gasteiger partial charge in [0.05, 0.1) is 5.38 Å². The van der Waals surface area contributed by atoms with Gasteiger partial charge in [0.1, 0.15) is 0 Å². The molecule has 0 saturated carbocycles. The molecule has 0 aliphatic heterocycles. The molecule has 1 aliphatic carbocycles. The lowest BCUT2D eigenvalue weighted by Crippen LogP contribution is -1.95. The molecule has 0 spiro atoms. The van der Waals surface area contributed by atoms with E-state index < -0.39 is 0 Å². The van der Waals surface area contributed by atoms with Crippen molar-refractivity contribution in [3.8, 4) is 0 Å². The highest BCUT2D eigenvalue weighted by molar-refractivity contribution is 6.23. The van der Waals surface area contributed by atoms with Crippen molar-refractivity contribution in [2.24, 2.45) is 0 Å². The Morgan fingerprint density at radius 2 is 2.50 bits per heavy atom. The maximum atomic E-state index is 5.76. The van der Waals surface area contributed by atoms with Crippen molar-refractivity contribution < 1.29 is 0 Å². The van der Waals surface area contributed by atoms with E-state index in [1.807, 2.05) is 25.2 Å². The van der Waals surface area contributed by atoms with E-state index in [0.717, 1.165) is 0 Å². The van der Waals surface area contributed by atoms with Crippen molar-refractivity contribution in [2.45, 2.75) is 12.3 Å². The third-order valence-corrected chi connectivity index (χ3v) is 1.59. The normalized spacial score (nSPS) is 25.8. The van der Waals surface area contributed by atoms with Crippen molar-refractivity contribution in [3.63, 3.8) is 0 Å². The molecule has 0 saturated heterocycles. The SMILES string of the molecule is CC1=CC=C=CC1Cl. The predicted octanol–water partition coefficient (Wildman–Crippen LogP) is 2.27. The minimum Gasteiger partial charge on any atom is -0.123 e. The summed E-state index contributed by atoms with van der Waals surface area (Å²) in [5, 5.41) is 0.0694. The lowest BCUT2D eigenvalue weighted by Gasteiger charge is -2.02. The largest absolute Gasteiger partial charge is 0.123 e. The molecule has 0 heterocycles. The molecule has 8 heavy (non-hydrogen) atoms. The van der Waals surface area contributed by atoms with Gasteiger partial charge in [0.2, 0.25) is 0 Å². The van der Waals surface area contributed by atoms with Crippen LogP contribution in [0.15, 0.2) is 29.5 Å². The number of allylic oxidation sites excluding steroid dienone is 3. The van der Waals surface area contributed by atoms with E-state index in [2.05, 4.69) is 5.73 Å². The van der Waals surface area contributed by atoms with Crippen LogP contribution in [0.5, 0.6) is 0 Å². The lowest BCUT2D eigenvalue weighted by atomic mass is 10.1. The third kappa shape index (κ3) is 1.03. The number of alkyl halides is 1. The molecule has 1 rings (SSSR count). The van der Waals surface area contributed by atoms with Crippen molar-refractivity contribution in [2.75, 3.05) is 0 Å². The van der Waals surface area contributed by atoms with Crippen molar-refractivity contribution in [3.05, 3.63) is 29.5 Å². The summed E-state index contributed by atoms with van der Waals surface area (Å²) < 4.78 is 0. The van der Waals surface area contributed by atoms with Crippen LogP contribution in [-0.4, -0.2) is 5.38 Å². The Balaban J connectivity index is 2.86. The fraction of sp³-hybridized carbons (Fsp3) is 0.286. The molecule has 42 valence electrons. The Bertz CT molecular complexity index is 171. The van der Waals surface area contributed by atoms with Crippen LogP contribution < -0.4 is 0 Å². The average molecular weight is 127 g/mol. The zero-order valence-electron chi connectivity index (χ0n) is 4.69. The summed E-state index contributed by atoms with van der Waals surface area (Å²) in [5.74, 6) is 0. The third-order valence-electron chi connectivity index (χ3n) is 1.12. The van der Waals surface area contributed by atoms with Crippen LogP contribution >= 0.6 is 11.6 Å². The standard InChI is InChI=1S/C7H7Cl/c1-6-4-2-3-5-7(6)8/h2,4-5,7H,1H3. The summed E-state index contributed by atoms with van der Waals surface area (Å²) in [6, 6.07) is 0. The lowest BCUT2D eigenvalue weighted by molar-refractivity contribution is 1.21. The first kappa shape index (κ1) is 5.68. The van der Waals surface area contributed by atoms with Crippen LogP contribution in [0.4, 0.5) is 0 Å². The van der Waals surface area contributed by atoms with E-state index >= 15 is 0 Å². The number of hydrogen-bond donors (Lipinski definition) is 0. The summed E-state index contributed by atoms with van der Waals surface area (Å²) >= 11 is 5.76. The summed E-state index contributed by atoms with van der Waals surface area (Å²) in [7, 11) is 0. The van der Waals surface area contributed by atoms with Gasteiger partial charge in [0, 0.05) is 0 Å². The summed E-state index contributed by atoms with van der Waals surface area (Å²) in [6.07, 6.45) is 5.68.